The summed E-state index contributed by atoms with van der Waals surface area (Å²) in [7, 11) is 0. The second kappa shape index (κ2) is 11.2. The van der Waals surface area contributed by atoms with Gasteiger partial charge < -0.3 is 15.1 Å². The van der Waals surface area contributed by atoms with Crippen molar-refractivity contribution in [3.63, 3.8) is 0 Å². The van der Waals surface area contributed by atoms with Crippen LogP contribution in [0.2, 0.25) is 5.02 Å². The summed E-state index contributed by atoms with van der Waals surface area (Å²) in [6, 6.07) is 16.0. The molecule has 6 nitrogen and oxygen atoms in total. The smallest absolute Gasteiger partial charge is 0.416 e. The maximum absolute atomic E-state index is 13.4. The number of nitrogens with zero attached hydrogens (tertiary/aromatic N) is 1. The van der Waals surface area contributed by atoms with Crippen molar-refractivity contribution in [2.75, 3.05) is 11.1 Å². The lowest BCUT2D eigenvalue weighted by molar-refractivity contribution is -0.137. The first-order chi connectivity index (χ1) is 18.1. The fourth-order valence-corrected chi connectivity index (χ4v) is 5.01. The Morgan fingerprint density at radius 3 is 2.53 bits per heavy atom. The standard InChI is InChI=1S/C27H19ClF3N3O3S/c1-15-23(25(36)34-19-5-2-4-17(12-19)27(29,30)31)24(22-6-3-11-37-22)20(13-32)26(33-15)38-14-21(35)16-7-9-18(28)10-8-16/h2-12,24,33H,14H2,1H3,(H,34,36)/t24-/m1/s1. The lowest BCUT2D eigenvalue weighted by Crippen LogP contribution is -2.30. The van der Waals surface area contributed by atoms with E-state index in [1.54, 1.807) is 43.3 Å². The lowest BCUT2D eigenvalue weighted by atomic mass is 9.85. The number of amides is 1. The van der Waals surface area contributed by atoms with Crippen molar-refractivity contribution in [1.82, 2.24) is 5.32 Å². The zero-order valence-corrected chi connectivity index (χ0v) is 21.3. The SMILES string of the molecule is CC1=C(C(=O)Nc2cccc(C(F)(F)F)c2)[C@@H](c2ccco2)C(C#N)=C(SCC(=O)c2ccc(Cl)cc2)N1. The number of hydrogen-bond donors (Lipinski definition) is 2. The average molecular weight is 558 g/mol. The molecule has 0 aliphatic carbocycles. The molecule has 38 heavy (non-hydrogen) atoms. The highest BCUT2D eigenvalue weighted by atomic mass is 35.5. The number of benzene rings is 2. The zero-order valence-electron chi connectivity index (χ0n) is 19.7. The summed E-state index contributed by atoms with van der Waals surface area (Å²) in [5, 5.41) is 16.4. The van der Waals surface area contributed by atoms with Crippen LogP contribution in [0.25, 0.3) is 0 Å². The van der Waals surface area contributed by atoms with Crippen LogP contribution in [0.5, 0.6) is 0 Å². The Bertz CT molecular complexity index is 1470. The Labute approximate surface area is 225 Å². The second-order valence-electron chi connectivity index (χ2n) is 8.22. The van der Waals surface area contributed by atoms with Crippen LogP contribution in [-0.2, 0) is 11.0 Å². The molecular formula is C27H19ClF3N3O3S. The molecule has 2 aromatic carbocycles. The molecule has 1 atom stereocenters. The van der Waals surface area contributed by atoms with Crippen LogP contribution < -0.4 is 10.6 Å². The Morgan fingerprint density at radius 1 is 1.16 bits per heavy atom. The van der Waals surface area contributed by atoms with Crippen LogP contribution in [0.4, 0.5) is 18.9 Å². The number of dihydropyridines is 1. The lowest BCUT2D eigenvalue weighted by Gasteiger charge is -2.28. The normalized spacial score (nSPS) is 15.6. The third kappa shape index (κ3) is 5.96. The average Bonchev–Trinajstić information content (AvgIpc) is 3.41. The summed E-state index contributed by atoms with van der Waals surface area (Å²) in [5.74, 6) is -1.56. The molecule has 0 bridgehead atoms. The van der Waals surface area contributed by atoms with Gasteiger partial charge in [-0.1, -0.05) is 29.4 Å². The summed E-state index contributed by atoms with van der Waals surface area (Å²) in [6.07, 6.45) is -3.19. The highest BCUT2D eigenvalue weighted by Gasteiger charge is 2.37. The molecule has 0 unspecified atom stereocenters. The molecule has 0 radical (unpaired) electrons. The van der Waals surface area contributed by atoms with Crippen LogP contribution in [-0.4, -0.2) is 17.4 Å². The maximum atomic E-state index is 13.4. The van der Waals surface area contributed by atoms with Gasteiger partial charge in [-0.15, -0.1) is 0 Å². The van der Waals surface area contributed by atoms with Gasteiger partial charge in [-0.2, -0.15) is 18.4 Å². The topological polar surface area (TPSA) is 95.1 Å². The van der Waals surface area contributed by atoms with E-state index < -0.39 is 23.6 Å². The van der Waals surface area contributed by atoms with Crippen LogP contribution >= 0.6 is 23.4 Å². The third-order valence-electron chi connectivity index (χ3n) is 5.68. The number of alkyl halides is 3. The number of anilines is 1. The molecule has 11 heteroatoms. The van der Waals surface area contributed by atoms with Crippen molar-refractivity contribution >= 4 is 40.7 Å². The predicted octanol–water partition coefficient (Wildman–Crippen LogP) is 6.90. The number of furan rings is 1. The van der Waals surface area contributed by atoms with Crippen LogP contribution in [0.1, 0.15) is 34.5 Å². The number of thioether (sulfide) groups is 1. The highest BCUT2D eigenvalue weighted by Crippen LogP contribution is 2.41. The number of Topliss-reactive ketones (excluding diaryl/α,β-unsaturated/α-hetero) is 1. The fraction of sp³-hybridized carbons (Fsp3) is 0.148. The molecule has 4 rings (SSSR count). The van der Waals surface area contributed by atoms with Crippen LogP contribution in [0.15, 0.2) is 93.2 Å². The number of allylic oxidation sites excluding steroid dienone is 2. The predicted molar refractivity (Wildman–Crippen MR) is 138 cm³/mol. The quantitative estimate of drug-likeness (QED) is 0.307. The van der Waals surface area contributed by atoms with Crippen molar-refractivity contribution in [3.05, 3.63) is 111 Å². The number of hydrogen-bond acceptors (Lipinski definition) is 6. The van der Waals surface area contributed by atoms with E-state index in [1.165, 1.54) is 18.4 Å². The Balaban J connectivity index is 1.63. The van der Waals surface area contributed by atoms with Gasteiger partial charge in [0, 0.05) is 22.0 Å². The minimum atomic E-state index is -4.58. The summed E-state index contributed by atoms with van der Waals surface area (Å²) in [5.41, 5.74) is 0.0756. The van der Waals surface area contributed by atoms with Gasteiger partial charge in [-0.3, -0.25) is 9.59 Å². The first kappa shape index (κ1) is 27.1. The van der Waals surface area contributed by atoms with Gasteiger partial charge in [-0.05, 0) is 61.5 Å². The molecule has 1 aliphatic heterocycles. The minimum Gasteiger partial charge on any atom is -0.468 e. The summed E-state index contributed by atoms with van der Waals surface area (Å²) in [4.78, 5) is 26.0. The Kier molecular flexibility index (Phi) is 7.99. The molecule has 3 aromatic rings. The molecule has 1 aromatic heterocycles. The molecule has 2 heterocycles. The molecule has 0 saturated carbocycles. The molecular weight excluding hydrogens is 539 g/mol. The van der Waals surface area contributed by atoms with E-state index in [1.807, 2.05) is 0 Å². The number of nitrogens with one attached hydrogen (secondary N) is 2. The molecule has 0 spiro atoms. The third-order valence-corrected chi connectivity index (χ3v) is 6.95. The van der Waals surface area contributed by atoms with Gasteiger partial charge in [0.25, 0.3) is 5.91 Å². The van der Waals surface area contributed by atoms with E-state index in [4.69, 9.17) is 16.0 Å². The van der Waals surface area contributed by atoms with E-state index >= 15 is 0 Å². The molecule has 0 fully saturated rings. The van der Waals surface area contributed by atoms with Crippen molar-refractivity contribution < 1.29 is 27.2 Å². The van der Waals surface area contributed by atoms with Gasteiger partial charge in [0.15, 0.2) is 5.78 Å². The number of carbonyl (C=O) groups is 2. The fourth-order valence-electron chi connectivity index (χ4n) is 3.90. The van der Waals surface area contributed by atoms with Gasteiger partial charge in [0.1, 0.15) is 5.76 Å². The number of halogens is 4. The maximum Gasteiger partial charge on any atom is 0.416 e. The largest absolute Gasteiger partial charge is 0.468 e. The summed E-state index contributed by atoms with van der Waals surface area (Å²) >= 11 is 6.98. The zero-order chi connectivity index (χ0) is 27.4. The van der Waals surface area contributed by atoms with E-state index in [0.717, 1.165) is 23.9 Å². The highest BCUT2D eigenvalue weighted by molar-refractivity contribution is 8.03. The number of carbonyl (C=O) groups excluding carboxylic acids is 2. The first-order valence-electron chi connectivity index (χ1n) is 11.1. The number of rotatable bonds is 7. The second-order valence-corrected chi connectivity index (χ2v) is 9.64. The van der Waals surface area contributed by atoms with Crippen molar-refractivity contribution in [3.8, 4) is 6.07 Å². The van der Waals surface area contributed by atoms with Gasteiger partial charge in [-0.25, -0.2) is 0 Å². The summed E-state index contributed by atoms with van der Waals surface area (Å²) < 4.78 is 45.0. The molecule has 0 saturated heterocycles. The van der Waals surface area contributed by atoms with Crippen LogP contribution in [0.3, 0.4) is 0 Å². The number of ketones is 1. The van der Waals surface area contributed by atoms with E-state index in [9.17, 15) is 28.0 Å². The van der Waals surface area contributed by atoms with Gasteiger partial charge >= 0.3 is 6.18 Å². The van der Waals surface area contributed by atoms with Gasteiger partial charge in [0.2, 0.25) is 0 Å². The molecule has 1 amide bonds. The Morgan fingerprint density at radius 2 is 1.89 bits per heavy atom. The molecule has 2 N–H and O–H groups in total. The van der Waals surface area contributed by atoms with Crippen molar-refractivity contribution in [2.45, 2.75) is 19.0 Å². The molecule has 194 valence electrons. The Hall–Kier alpha value is -3.94. The van der Waals surface area contributed by atoms with E-state index in [0.29, 0.717) is 27.1 Å². The van der Waals surface area contributed by atoms with Crippen molar-refractivity contribution in [1.29, 1.82) is 5.26 Å². The first-order valence-corrected chi connectivity index (χ1v) is 12.5. The van der Waals surface area contributed by atoms with Gasteiger partial charge in [0.05, 0.1) is 45.7 Å². The monoisotopic (exact) mass is 557 g/mol. The minimum absolute atomic E-state index is 0.000928. The summed E-state index contributed by atoms with van der Waals surface area (Å²) in [6.45, 7) is 1.60. The van der Waals surface area contributed by atoms with E-state index in [-0.39, 0.29) is 28.4 Å². The van der Waals surface area contributed by atoms with Crippen LogP contribution in [0, 0.1) is 11.3 Å². The van der Waals surface area contributed by atoms with Crippen molar-refractivity contribution in [2.24, 2.45) is 0 Å². The number of nitriles is 1. The van der Waals surface area contributed by atoms with E-state index in [2.05, 4.69) is 16.7 Å². The molecule has 1 aliphatic rings.